The number of imidazole rings is 1. The standard InChI is InChI=1S/C14H16N6O/c1-3-20-12-5-4-10(8-11(12)18-19-20)14(21)17-9(2)13-15-6-7-16-13/h4-9H,3H2,1-2H3,(H,15,16)(H,17,21). The second kappa shape index (κ2) is 5.35. The number of aromatic amines is 1. The van der Waals surface area contributed by atoms with Crippen LogP contribution in [0.25, 0.3) is 11.0 Å². The quantitative estimate of drug-likeness (QED) is 0.762. The molecule has 2 aromatic heterocycles. The summed E-state index contributed by atoms with van der Waals surface area (Å²) in [6.07, 6.45) is 3.39. The highest BCUT2D eigenvalue weighted by Crippen LogP contribution is 2.14. The maximum atomic E-state index is 12.3. The number of nitrogens with zero attached hydrogens (tertiary/aromatic N) is 4. The van der Waals surface area contributed by atoms with E-state index in [4.69, 9.17) is 0 Å². The Morgan fingerprint density at radius 2 is 2.33 bits per heavy atom. The first-order valence-corrected chi connectivity index (χ1v) is 6.82. The van der Waals surface area contributed by atoms with Crippen LogP contribution in [0.4, 0.5) is 0 Å². The highest BCUT2D eigenvalue weighted by Gasteiger charge is 2.14. The summed E-state index contributed by atoms with van der Waals surface area (Å²) in [6.45, 7) is 4.62. The number of carbonyl (C=O) groups excluding carboxylic acids is 1. The number of aromatic nitrogens is 5. The second-order valence-electron chi connectivity index (χ2n) is 4.78. The van der Waals surface area contributed by atoms with Crippen LogP contribution in [0.3, 0.4) is 0 Å². The molecule has 3 rings (SSSR count). The first kappa shape index (κ1) is 13.3. The normalized spacial score (nSPS) is 12.5. The molecule has 2 heterocycles. The van der Waals surface area contributed by atoms with Gasteiger partial charge in [0.2, 0.25) is 0 Å². The molecule has 0 aliphatic carbocycles. The Morgan fingerprint density at radius 1 is 1.48 bits per heavy atom. The lowest BCUT2D eigenvalue weighted by Crippen LogP contribution is -2.27. The Labute approximate surface area is 121 Å². The van der Waals surface area contributed by atoms with Gasteiger partial charge in [-0.25, -0.2) is 9.67 Å². The zero-order valence-corrected chi connectivity index (χ0v) is 11.9. The number of hydrogen-bond acceptors (Lipinski definition) is 4. The molecule has 7 heteroatoms. The Bertz CT molecular complexity index is 761. The van der Waals surface area contributed by atoms with Crippen molar-refractivity contribution < 1.29 is 4.79 Å². The molecule has 1 aromatic carbocycles. The number of aryl methyl sites for hydroxylation is 1. The Balaban J connectivity index is 1.81. The van der Waals surface area contributed by atoms with Crippen LogP contribution in [0.15, 0.2) is 30.6 Å². The van der Waals surface area contributed by atoms with Gasteiger partial charge in [-0.3, -0.25) is 4.79 Å². The molecule has 2 N–H and O–H groups in total. The molecule has 0 aliphatic heterocycles. The first-order valence-electron chi connectivity index (χ1n) is 6.82. The van der Waals surface area contributed by atoms with Gasteiger partial charge in [0.15, 0.2) is 0 Å². The van der Waals surface area contributed by atoms with E-state index in [1.165, 1.54) is 0 Å². The predicted molar refractivity (Wildman–Crippen MR) is 77.7 cm³/mol. The van der Waals surface area contributed by atoms with Gasteiger partial charge in [-0.2, -0.15) is 0 Å². The number of benzene rings is 1. The van der Waals surface area contributed by atoms with Crippen molar-refractivity contribution >= 4 is 16.9 Å². The van der Waals surface area contributed by atoms with Crippen LogP contribution >= 0.6 is 0 Å². The van der Waals surface area contributed by atoms with Gasteiger partial charge < -0.3 is 10.3 Å². The molecular formula is C14H16N6O. The third-order valence-corrected chi connectivity index (χ3v) is 3.35. The summed E-state index contributed by atoms with van der Waals surface area (Å²) in [5.41, 5.74) is 2.20. The van der Waals surface area contributed by atoms with Gasteiger partial charge in [0, 0.05) is 24.5 Å². The Morgan fingerprint density at radius 3 is 3.05 bits per heavy atom. The van der Waals surface area contributed by atoms with E-state index in [1.54, 1.807) is 29.2 Å². The average molecular weight is 284 g/mol. The molecule has 1 atom stereocenters. The third-order valence-electron chi connectivity index (χ3n) is 3.35. The molecule has 1 amide bonds. The van der Waals surface area contributed by atoms with Crippen molar-refractivity contribution in [2.45, 2.75) is 26.4 Å². The summed E-state index contributed by atoms with van der Waals surface area (Å²) in [5.74, 6) is 0.563. The van der Waals surface area contributed by atoms with E-state index >= 15 is 0 Å². The van der Waals surface area contributed by atoms with Crippen molar-refractivity contribution in [3.63, 3.8) is 0 Å². The molecule has 0 saturated heterocycles. The second-order valence-corrected chi connectivity index (χ2v) is 4.78. The fourth-order valence-corrected chi connectivity index (χ4v) is 2.21. The molecule has 21 heavy (non-hydrogen) atoms. The number of nitrogens with one attached hydrogen (secondary N) is 2. The molecule has 3 aromatic rings. The zero-order valence-electron chi connectivity index (χ0n) is 11.9. The molecule has 0 aliphatic rings. The number of carbonyl (C=O) groups is 1. The van der Waals surface area contributed by atoms with Gasteiger partial charge in [0.05, 0.1) is 11.6 Å². The summed E-state index contributed by atoms with van der Waals surface area (Å²) < 4.78 is 1.79. The van der Waals surface area contributed by atoms with Crippen LogP contribution < -0.4 is 5.32 Å². The molecular weight excluding hydrogens is 268 g/mol. The van der Waals surface area contributed by atoms with E-state index in [2.05, 4.69) is 25.6 Å². The third kappa shape index (κ3) is 2.49. The number of rotatable bonds is 4. The lowest BCUT2D eigenvalue weighted by Gasteiger charge is -2.11. The Kier molecular flexibility index (Phi) is 3.39. The minimum absolute atomic E-state index is 0.160. The van der Waals surface area contributed by atoms with Gasteiger partial charge in [-0.1, -0.05) is 5.21 Å². The summed E-state index contributed by atoms with van der Waals surface area (Å²) in [6, 6.07) is 5.21. The van der Waals surface area contributed by atoms with Crippen molar-refractivity contribution in [3.8, 4) is 0 Å². The molecule has 108 valence electrons. The van der Waals surface area contributed by atoms with Crippen molar-refractivity contribution in [1.82, 2.24) is 30.3 Å². The average Bonchev–Trinajstić information content (AvgIpc) is 3.15. The van der Waals surface area contributed by atoms with Gasteiger partial charge in [0.1, 0.15) is 11.3 Å². The monoisotopic (exact) mass is 284 g/mol. The highest BCUT2D eigenvalue weighted by molar-refractivity contribution is 5.97. The van der Waals surface area contributed by atoms with Crippen molar-refractivity contribution in [1.29, 1.82) is 0 Å². The van der Waals surface area contributed by atoms with E-state index in [-0.39, 0.29) is 11.9 Å². The fraction of sp³-hybridized carbons (Fsp3) is 0.286. The molecule has 7 nitrogen and oxygen atoms in total. The smallest absolute Gasteiger partial charge is 0.251 e. The van der Waals surface area contributed by atoms with Crippen LogP contribution in [0.2, 0.25) is 0 Å². The minimum atomic E-state index is -0.186. The van der Waals surface area contributed by atoms with Gasteiger partial charge >= 0.3 is 0 Å². The van der Waals surface area contributed by atoms with Crippen LogP contribution in [-0.4, -0.2) is 30.9 Å². The highest BCUT2D eigenvalue weighted by atomic mass is 16.1. The van der Waals surface area contributed by atoms with Gasteiger partial charge in [-0.05, 0) is 32.0 Å². The van der Waals surface area contributed by atoms with Gasteiger partial charge in [-0.15, -0.1) is 5.10 Å². The summed E-state index contributed by atoms with van der Waals surface area (Å²) in [4.78, 5) is 19.4. The van der Waals surface area contributed by atoms with Crippen molar-refractivity contribution in [2.75, 3.05) is 0 Å². The lowest BCUT2D eigenvalue weighted by molar-refractivity contribution is 0.0938. The van der Waals surface area contributed by atoms with Crippen LogP contribution in [-0.2, 0) is 6.54 Å². The number of H-pyrrole nitrogens is 1. The number of hydrogen-bond donors (Lipinski definition) is 2. The van der Waals surface area contributed by atoms with Crippen molar-refractivity contribution in [3.05, 3.63) is 42.0 Å². The van der Waals surface area contributed by atoms with E-state index in [0.29, 0.717) is 5.56 Å². The maximum absolute atomic E-state index is 12.3. The Hall–Kier alpha value is -2.70. The SMILES string of the molecule is CCn1nnc2cc(C(=O)NC(C)c3ncc[nH]3)ccc21. The molecule has 0 saturated carbocycles. The number of amides is 1. The zero-order chi connectivity index (χ0) is 14.8. The van der Waals surface area contributed by atoms with E-state index in [9.17, 15) is 4.79 Å². The predicted octanol–water partition coefficient (Wildman–Crippen LogP) is 1.67. The maximum Gasteiger partial charge on any atom is 0.251 e. The first-order chi connectivity index (χ1) is 10.2. The summed E-state index contributed by atoms with van der Waals surface area (Å²) in [7, 11) is 0. The lowest BCUT2D eigenvalue weighted by atomic mass is 10.1. The summed E-state index contributed by atoms with van der Waals surface area (Å²) in [5, 5.41) is 11.0. The molecule has 0 bridgehead atoms. The van der Waals surface area contributed by atoms with E-state index < -0.39 is 0 Å². The van der Waals surface area contributed by atoms with Crippen LogP contribution in [0.5, 0.6) is 0 Å². The minimum Gasteiger partial charge on any atom is -0.347 e. The summed E-state index contributed by atoms with van der Waals surface area (Å²) >= 11 is 0. The number of fused-ring (bicyclic) bond motifs is 1. The molecule has 1 unspecified atom stereocenters. The molecule has 0 radical (unpaired) electrons. The van der Waals surface area contributed by atoms with Crippen molar-refractivity contribution in [2.24, 2.45) is 0 Å². The molecule has 0 fully saturated rings. The largest absolute Gasteiger partial charge is 0.347 e. The molecule has 0 spiro atoms. The van der Waals surface area contributed by atoms with Gasteiger partial charge in [0.25, 0.3) is 5.91 Å². The van der Waals surface area contributed by atoms with Crippen LogP contribution in [0.1, 0.15) is 36.1 Å². The van der Waals surface area contributed by atoms with Crippen LogP contribution in [0, 0.1) is 0 Å². The van der Waals surface area contributed by atoms with E-state index in [0.717, 1.165) is 23.4 Å². The topological polar surface area (TPSA) is 88.5 Å². The fourth-order valence-electron chi connectivity index (χ4n) is 2.21. The van der Waals surface area contributed by atoms with E-state index in [1.807, 2.05) is 19.9 Å².